The van der Waals surface area contributed by atoms with Gasteiger partial charge in [0.25, 0.3) is 0 Å². The smallest absolute Gasteiger partial charge is 0.309 e. The van der Waals surface area contributed by atoms with Crippen molar-refractivity contribution in [2.75, 3.05) is 6.61 Å². The van der Waals surface area contributed by atoms with E-state index in [1.54, 1.807) is 13.8 Å². The number of aryl methyl sites for hydroxylation is 3. The van der Waals surface area contributed by atoms with Crippen LogP contribution < -0.4 is 4.74 Å². The summed E-state index contributed by atoms with van der Waals surface area (Å²) in [5.41, 5.74) is 2.78. The maximum Gasteiger partial charge on any atom is 0.309 e. The van der Waals surface area contributed by atoms with Crippen LogP contribution in [0.3, 0.4) is 0 Å². The molecule has 1 rings (SSSR count). The molecule has 0 unspecified atom stereocenters. The Morgan fingerprint density at radius 1 is 1.17 bits per heavy atom. The van der Waals surface area contributed by atoms with Gasteiger partial charge in [-0.3, -0.25) is 4.79 Å². The lowest BCUT2D eigenvalue weighted by molar-refractivity contribution is -0.147. The van der Waals surface area contributed by atoms with E-state index in [0.717, 1.165) is 11.3 Å². The van der Waals surface area contributed by atoms with Crippen LogP contribution in [-0.4, -0.2) is 17.7 Å². The predicted octanol–water partition coefficient (Wildman–Crippen LogP) is 3.49. The summed E-state index contributed by atoms with van der Waals surface area (Å²) in [5.74, 6) is 0.0576. The summed E-state index contributed by atoms with van der Waals surface area (Å²) in [6, 6.07) is 4.10. The lowest BCUT2D eigenvalue weighted by Crippen LogP contribution is -2.25. The highest BCUT2D eigenvalue weighted by atomic mass is 16.5. The van der Waals surface area contributed by atoms with Crippen LogP contribution in [0.15, 0.2) is 12.1 Å². The summed E-state index contributed by atoms with van der Waals surface area (Å²) in [4.78, 5) is 11.0. The van der Waals surface area contributed by atoms with Gasteiger partial charge in [-0.15, -0.1) is 0 Å². The van der Waals surface area contributed by atoms with E-state index >= 15 is 0 Å². The number of ether oxygens (including phenoxy) is 1. The second-order valence-electron chi connectivity index (χ2n) is 5.49. The first-order valence-electron chi connectivity index (χ1n) is 6.18. The summed E-state index contributed by atoms with van der Waals surface area (Å²) in [7, 11) is 0. The van der Waals surface area contributed by atoms with Gasteiger partial charge in [0.15, 0.2) is 0 Å². The van der Waals surface area contributed by atoms with Gasteiger partial charge in [-0.2, -0.15) is 0 Å². The third-order valence-corrected chi connectivity index (χ3v) is 3.35. The number of aliphatic carboxylic acids is 1. The van der Waals surface area contributed by atoms with Crippen molar-refractivity contribution < 1.29 is 14.6 Å². The molecule has 0 atom stereocenters. The molecule has 0 radical (unpaired) electrons. The van der Waals surface area contributed by atoms with Gasteiger partial charge < -0.3 is 9.84 Å². The predicted molar refractivity (Wildman–Crippen MR) is 72.2 cm³/mol. The minimum absolute atomic E-state index is 0.419. The van der Waals surface area contributed by atoms with Crippen molar-refractivity contribution >= 4 is 5.97 Å². The van der Waals surface area contributed by atoms with Gasteiger partial charge in [0.2, 0.25) is 0 Å². The summed E-state index contributed by atoms with van der Waals surface area (Å²) in [5, 5.41) is 9.02. The monoisotopic (exact) mass is 250 g/mol. The van der Waals surface area contributed by atoms with Crippen molar-refractivity contribution in [3.8, 4) is 5.75 Å². The molecule has 0 spiro atoms. The SMILES string of the molecule is Cc1cc(C)c(OCCC(C)(C)C(=O)O)cc1C. The number of carboxylic acids is 1. The van der Waals surface area contributed by atoms with Crippen LogP contribution >= 0.6 is 0 Å². The molecule has 0 aliphatic rings. The first kappa shape index (κ1) is 14.6. The fraction of sp³-hybridized carbons (Fsp3) is 0.533. The molecule has 100 valence electrons. The number of carboxylic acid groups (broad SMARTS) is 1. The molecule has 0 fully saturated rings. The van der Waals surface area contributed by atoms with Crippen LogP contribution in [-0.2, 0) is 4.79 Å². The molecule has 0 amide bonds. The van der Waals surface area contributed by atoms with Crippen molar-refractivity contribution in [2.45, 2.75) is 41.0 Å². The van der Waals surface area contributed by atoms with Crippen LogP contribution in [0.2, 0.25) is 0 Å². The lowest BCUT2D eigenvalue weighted by atomic mass is 9.90. The maximum atomic E-state index is 11.0. The number of rotatable bonds is 5. The Kier molecular flexibility index (Phi) is 4.38. The van der Waals surface area contributed by atoms with Crippen molar-refractivity contribution in [2.24, 2.45) is 5.41 Å². The minimum atomic E-state index is -0.789. The van der Waals surface area contributed by atoms with Gasteiger partial charge in [0.1, 0.15) is 5.75 Å². The number of hydrogen-bond donors (Lipinski definition) is 1. The highest BCUT2D eigenvalue weighted by Crippen LogP contribution is 2.25. The van der Waals surface area contributed by atoms with E-state index in [1.807, 2.05) is 19.9 Å². The molecule has 0 aliphatic carbocycles. The summed E-state index contributed by atoms with van der Waals surface area (Å²) >= 11 is 0. The molecule has 18 heavy (non-hydrogen) atoms. The molecule has 0 aromatic heterocycles. The standard InChI is InChI=1S/C15H22O3/c1-10-8-12(3)13(9-11(10)2)18-7-6-15(4,5)14(16)17/h8-9H,6-7H2,1-5H3,(H,16,17). The van der Waals surface area contributed by atoms with Crippen LogP contribution in [0.4, 0.5) is 0 Å². The van der Waals surface area contributed by atoms with Crippen molar-refractivity contribution in [3.63, 3.8) is 0 Å². The van der Waals surface area contributed by atoms with E-state index in [2.05, 4.69) is 13.0 Å². The summed E-state index contributed by atoms with van der Waals surface area (Å²) in [6.07, 6.45) is 0.495. The quantitative estimate of drug-likeness (QED) is 0.870. The maximum absolute atomic E-state index is 11.0. The number of hydrogen-bond acceptors (Lipinski definition) is 2. The molecule has 0 bridgehead atoms. The fourth-order valence-corrected chi connectivity index (χ4v) is 1.61. The molecule has 0 aliphatic heterocycles. The van der Waals surface area contributed by atoms with Crippen molar-refractivity contribution in [1.82, 2.24) is 0 Å². The second kappa shape index (κ2) is 5.42. The first-order valence-corrected chi connectivity index (χ1v) is 6.18. The van der Waals surface area contributed by atoms with Gasteiger partial charge in [-0.05, 0) is 63.8 Å². The largest absolute Gasteiger partial charge is 0.493 e. The normalized spacial score (nSPS) is 11.4. The summed E-state index contributed by atoms with van der Waals surface area (Å²) in [6.45, 7) is 9.97. The topological polar surface area (TPSA) is 46.5 Å². The van der Waals surface area contributed by atoms with E-state index in [1.165, 1.54) is 11.1 Å². The minimum Gasteiger partial charge on any atom is -0.493 e. The number of carbonyl (C=O) groups is 1. The highest BCUT2D eigenvalue weighted by molar-refractivity contribution is 5.73. The van der Waals surface area contributed by atoms with Gasteiger partial charge in [0.05, 0.1) is 12.0 Å². The molecule has 0 heterocycles. The third-order valence-electron chi connectivity index (χ3n) is 3.35. The average Bonchev–Trinajstić information content (AvgIpc) is 2.25. The van der Waals surface area contributed by atoms with E-state index < -0.39 is 11.4 Å². The van der Waals surface area contributed by atoms with E-state index in [0.29, 0.717) is 13.0 Å². The van der Waals surface area contributed by atoms with E-state index in [-0.39, 0.29) is 0 Å². The molecular weight excluding hydrogens is 228 g/mol. The fourth-order valence-electron chi connectivity index (χ4n) is 1.61. The van der Waals surface area contributed by atoms with Gasteiger partial charge in [0, 0.05) is 0 Å². The first-order chi connectivity index (χ1) is 8.24. The van der Waals surface area contributed by atoms with Crippen LogP contribution in [0.5, 0.6) is 5.75 Å². The zero-order chi connectivity index (χ0) is 13.9. The van der Waals surface area contributed by atoms with Crippen LogP contribution in [0.1, 0.15) is 37.0 Å². The molecule has 0 saturated heterocycles. The molecule has 1 aromatic rings. The number of benzene rings is 1. The Morgan fingerprint density at radius 2 is 1.72 bits per heavy atom. The van der Waals surface area contributed by atoms with Crippen molar-refractivity contribution in [3.05, 3.63) is 28.8 Å². The zero-order valence-electron chi connectivity index (χ0n) is 11.8. The molecular formula is C15H22O3. The zero-order valence-corrected chi connectivity index (χ0v) is 11.8. The van der Waals surface area contributed by atoms with Crippen LogP contribution in [0, 0.1) is 26.2 Å². The highest BCUT2D eigenvalue weighted by Gasteiger charge is 2.26. The molecule has 3 heteroatoms. The molecule has 0 saturated carbocycles. The third kappa shape index (κ3) is 3.49. The Balaban J connectivity index is 2.65. The Bertz CT molecular complexity index is 447. The Hall–Kier alpha value is -1.51. The Labute approximate surface area is 109 Å². The van der Waals surface area contributed by atoms with Gasteiger partial charge in [-0.1, -0.05) is 6.07 Å². The Morgan fingerprint density at radius 3 is 2.28 bits per heavy atom. The van der Waals surface area contributed by atoms with Crippen LogP contribution in [0.25, 0.3) is 0 Å². The summed E-state index contributed by atoms with van der Waals surface area (Å²) < 4.78 is 5.70. The van der Waals surface area contributed by atoms with E-state index in [9.17, 15) is 4.79 Å². The van der Waals surface area contributed by atoms with Gasteiger partial charge >= 0.3 is 5.97 Å². The average molecular weight is 250 g/mol. The molecule has 3 nitrogen and oxygen atoms in total. The second-order valence-corrected chi connectivity index (χ2v) is 5.49. The van der Waals surface area contributed by atoms with E-state index in [4.69, 9.17) is 9.84 Å². The lowest BCUT2D eigenvalue weighted by Gasteiger charge is -2.19. The van der Waals surface area contributed by atoms with Crippen molar-refractivity contribution in [1.29, 1.82) is 0 Å². The molecule has 1 aromatic carbocycles. The molecule has 1 N–H and O–H groups in total. The van der Waals surface area contributed by atoms with Gasteiger partial charge in [-0.25, -0.2) is 0 Å².